The summed E-state index contributed by atoms with van der Waals surface area (Å²) < 4.78 is 28.0. The van der Waals surface area contributed by atoms with E-state index in [1.807, 2.05) is 30.3 Å². The Labute approximate surface area is 177 Å². The van der Waals surface area contributed by atoms with E-state index in [0.29, 0.717) is 17.8 Å². The number of hydrogen-bond donors (Lipinski definition) is 3. The molecule has 0 fully saturated rings. The fourth-order valence-electron chi connectivity index (χ4n) is 3.77. The number of rotatable bonds is 4. The molecule has 3 N–H and O–H groups in total. The Hall–Kier alpha value is -3.62. The van der Waals surface area contributed by atoms with E-state index in [1.165, 1.54) is 6.07 Å². The van der Waals surface area contributed by atoms with Gasteiger partial charge in [0.25, 0.3) is 5.91 Å². The number of nitrogens with one attached hydrogen (secondary N) is 3. The highest BCUT2D eigenvalue weighted by atomic mass is 19.1. The van der Waals surface area contributed by atoms with Crippen molar-refractivity contribution < 1.29 is 18.4 Å². The number of halogens is 2. The van der Waals surface area contributed by atoms with E-state index in [0.717, 1.165) is 11.6 Å². The van der Waals surface area contributed by atoms with E-state index in [-0.39, 0.29) is 11.5 Å². The second-order valence-electron chi connectivity index (χ2n) is 7.72. The van der Waals surface area contributed by atoms with Crippen LogP contribution in [-0.4, -0.2) is 33.0 Å². The molecule has 1 aromatic heterocycles. The van der Waals surface area contributed by atoms with Crippen molar-refractivity contribution in [2.75, 3.05) is 5.32 Å². The fraction of sp³-hybridized carbons (Fsp3) is 0.273. The molecule has 2 amide bonds. The topological polar surface area (TPSA) is 99.8 Å². The summed E-state index contributed by atoms with van der Waals surface area (Å²) in [5, 5.41) is 13.0. The summed E-state index contributed by atoms with van der Waals surface area (Å²) in [4.78, 5) is 28.3. The zero-order chi connectivity index (χ0) is 22.1. The summed E-state index contributed by atoms with van der Waals surface area (Å²) in [5.74, 6) is -3.11. The molecular weight excluding hydrogens is 404 g/mol. The van der Waals surface area contributed by atoms with E-state index in [1.54, 1.807) is 13.8 Å². The number of amides is 2. The van der Waals surface area contributed by atoms with Gasteiger partial charge in [0, 0.05) is 12.5 Å². The highest BCUT2D eigenvalue weighted by molar-refractivity contribution is 6.01. The fourth-order valence-corrected chi connectivity index (χ4v) is 3.77. The Bertz CT molecular complexity index is 1130. The van der Waals surface area contributed by atoms with Crippen molar-refractivity contribution in [3.63, 3.8) is 0 Å². The van der Waals surface area contributed by atoms with Crippen molar-refractivity contribution in [3.8, 4) is 0 Å². The van der Waals surface area contributed by atoms with Gasteiger partial charge in [-0.25, -0.2) is 8.78 Å². The molecule has 0 bridgehead atoms. The molecule has 9 heteroatoms. The quantitative estimate of drug-likeness (QED) is 0.598. The average Bonchev–Trinajstić information content (AvgIpc) is 3.18. The van der Waals surface area contributed by atoms with E-state index in [9.17, 15) is 18.4 Å². The van der Waals surface area contributed by atoms with Gasteiger partial charge in [-0.15, -0.1) is 10.2 Å². The van der Waals surface area contributed by atoms with Crippen LogP contribution in [0.2, 0.25) is 0 Å². The highest BCUT2D eigenvalue weighted by Crippen LogP contribution is 2.37. The highest BCUT2D eigenvalue weighted by Gasteiger charge is 2.37. The standard InChI is InChI=1S/C22H21F2N5O2/c1-11-12(2)18(21(30)27-19-15(11)9-14(23)10-16(19)24)26-22(31)20-25-17(28-29-20)8-13-6-4-3-5-7-13/h3-7,9-12,18H,8H2,1-2H3,(H,26,31)(H,27,30)(H,25,28,29)/t11-,12+,18+/m1/s1. The number of carbonyl (C=O) groups is 2. The maximum atomic E-state index is 14.3. The maximum absolute atomic E-state index is 14.3. The lowest BCUT2D eigenvalue weighted by atomic mass is 9.84. The van der Waals surface area contributed by atoms with Crippen molar-refractivity contribution in [1.82, 2.24) is 20.5 Å². The Kier molecular flexibility index (Phi) is 5.50. The number of H-pyrrole nitrogens is 1. The normalized spacial score (nSPS) is 20.5. The Morgan fingerprint density at radius 1 is 1.13 bits per heavy atom. The van der Waals surface area contributed by atoms with Crippen molar-refractivity contribution in [2.24, 2.45) is 5.92 Å². The molecule has 31 heavy (non-hydrogen) atoms. The van der Waals surface area contributed by atoms with Crippen LogP contribution in [0.1, 0.15) is 47.3 Å². The molecule has 0 saturated carbocycles. The molecule has 2 heterocycles. The van der Waals surface area contributed by atoms with Gasteiger partial charge in [0.1, 0.15) is 23.5 Å². The van der Waals surface area contributed by atoms with Gasteiger partial charge in [-0.3, -0.25) is 9.59 Å². The Balaban J connectivity index is 1.52. The molecule has 0 spiro atoms. The average molecular weight is 425 g/mol. The summed E-state index contributed by atoms with van der Waals surface area (Å²) in [5.41, 5.74) is 1.29. The lowest BCUT2D eigenvalue weighted by Crippen LogP contribution is -2.48. The Morgan fingerprint density at radius 3 is 2.61 bits per heavy atom. The SMILES string of the molecule is C[C@@H]1[C@H](NC(=O)c2nnc(Cc3ccccc3)[nH]2)C(=O)Nc2c(F)cc(F)cc2[C@@H]1C. The van der Waals surface area contributed by atoms with Crippen LogP contribution in [-0.2, 0) is 11.2 Å². The number of aromatic amines is 1. The molecule has 1 aliphatic rings. The van der Waals surface area contributed by atoms with Crippen LogP contribution in [0.15, 0.2) is 42.5 Å². The van der Waals surface area contributed by atoms with Gasteiger partial charge in [-0.05, 0) is 29.0 Å². The number of nitrogens with zero attached hydrogens (tertiary/aromatic N) is 2. The number of carbonyl (C=O) groups excluding carboxylic acids is 2. The Morgan fingerprint density at radius 2 is 1.87 bits per heavy atom. The minimum absolute atomic E-state index is 0.0300. The van der Waals surface area contributed by atoms with Crippen LogP contribution >= 0.6 is 0 Å². The zero-order valence-electron chi connectivity index (χ0n) is 16.9. The smallest absolute Gasteiger partial charge is 0.289 e. The van der Waals surface area contributed by atoms with Crippen LogP contribution in [0, 0.1) is 17.6 Å². The predicted octanol–water partition coefficient (Wildman–Crippen LogP) is 3.16. The third-order valence-electron chi connectivity index (χ3n) is 5.67. The van der Waals surface area contributed by atoms with Gasteiger partial charge in [-0.1, -0.05) is 44.2 Å². The van der Waals surface area contributed by atoms with Crippen LogP contribution in [0.5, 0.6) is 0 Å². The van der Waals surface area contributed by atoms with Gasteiger partial charge >= 0.3 is 0 Å². The van der Waals surface area contributed by atoms with E-state index >= 15 is 0 Å². The van der Waals surface area contributed by atoms with Gasteiger partial charge in [-0.2, -0.15) is 0 Å². The summed E-state index contributed by atoms with van der Waals surface area (Å²) >= 11 is 0. The molecule has 3 aromatic rings. The molecular formula is C22H21F2N5O2. The second kappa shape index (κ2) is 8.25. The number of aromatic nitrogens is 3. The molecule has 7 nitrogen and oxygen atoms in total. The number of benzene rings is 2. The van der Waals surface area contributed by atoms with E-state index < -0.39 is 41.3 Å². The summed E-state index contributed by atoms with van der Waals surface area (Å²) in [6, 6.07) is 10.5. The van der Waals surface area contributed by atoms with E-state index in [4.69, 9.17) is 0 Å². The van der Waals surface area contributed by atoms with Gasteiger partial charge < -0.3 is 15.6 Å². The van der Waals surface area contributed by atoms with Crippen molar-refractivity contribution in [3.05, 3.63) is 76.9 Å². The summed E-state index contributed by atoms with van der Waals surface area (Å²) in [6.07, 6.45) is 0.471. The van der Waals surface area contributed by atoms with Crippen molar-refractivity contribution >= 4 is 17.5 Å². The third-order valence-corrected chi connectivity index (χ3v) is 5.67. The maximum Gasteiger partial charge on any atom is 0.289 e. The molecule has 0 saturated heterocycles. The monoisotopic (exact) mass is 425 g/mol. The van der Waals surface area contributed by atoms with Crippen molar-refractivity contribution in [2.45, 2.75) is 32.2 Å². The zero-order valence-corrected chi connectivity index (χ0v) is 16.9. The molecule has 0 aliphatic carbocycles. The summed E-state index contributed by atoms with van der Waals surface area (Å²) in [7, 11) is 0. The largest absolute Gasteiger partial charge is 0.337 e. The first-order valence-electron chi connectivity index (χ1n) is 9.89. The minimum atomic E-state index is -0.972. The first-order valence-corrected chi connectivity index (χ1v) is 9.89. The number of anilines is 1. The molecule has 4 rings (SSSR count). The van der Waals surface area contributed by atoms with Crippen LogP contribution in [0.4, 0.5) is 14.5 Å². The second-order valence-corrected chi connectivity index (χ2v) is 7.72. The van der Waals surface area contributed by atoms with Gasteiger partial charge in [0.05, 0.1) is 5.69 Å². The van der Waals surface area contributed by atoms with Crippen LogP contribution in [0.25, 0.3) is 0 Å². The lowest BCUT2D eigenvalue weighted by Gasteiger charge is -2.25. The predicted molar refractivity (Wildman–Crippen MR) is 109 cm³/mol. The molecule has 0 unspecified atom stereocenters. The summed E-state index contributed by atoms with van der Waals surface area (Å²) in [6.45, 7) is 3.50. The van der Waals surface area contributed by atoms with Gasteiger partial charge in [0.15, 0.2) is 0 Å². The number of hydrogen-bond acceptors (Lipinski definition) is 4. The molecule has 2 aromatic carbocycles. The van der Waals surface area contributed by atoms with Gasteiger partial charge in [0.2, 0.25) is 11.7 Å². The molecule has 1 aliphatic heterocycles. The third kappa shape index (κ3) is 4.16. The lowest BCUT2D eigenvalue weighted by molar-refractivity contribution is -0.119. The number of fused-ring (bicyclic) bond motifs is 1. The minimum Gasteiger partial charge on any atom is -0.337 e. The van der Waals surface area contributed by atoms with Crippen molar-refractivity contribution in [1.29, 1.82) is 0 Å². The molecule has 160 valence electrons. The molecule has 3 atom stereocenters. The first-order chi connectivity index (χ1) is 14.8. The molecule has 0 radical (unpaired) electrons. The van der Waals surface area contributed by atoms with Crippen LogP contribution in [0.3, 0.4) is 0 Å². The van der Waals surface area contributed by atoms with Crippen LogP contribution < -0.4 is 10.6 Å². The first kappa shape index (κ1) is 20.6. The van der Waals surface area contributed by atoms with E-state index in [2.05, 4.69) is 25.8 Å².